The topological polar surface area (TPSA) is 205 Å². The van der Waals surface area contributed by atoms with Crippen LogP contribution in [0.3, 0.4) is 0 Å². The molecule has 1 aliphatic heterocycles. The number of nitrogens with one attached hydrogen (secondary N) is 3. The van der Waals surface area contributed by atoms with E-state index in [1.165, 1.54) is 26.0 Å². The van der Waals surface area contributed by atoms with Crippen molar-refractivity contribution < 1.29 is 29.0 Å². The Bertz CT molecular complexity index is 1340. The first-order chi connectivity index (χ1) is 19.5. The second-order valence-electron chi connectivity index (χ2n) is 8.91. The zero-order valence-corrected chi connectivity index (χ0v) is 23.7. The number of rotatable bonds is 12. The molecule has 3 amide bonds. The van der Waals surface area contributed by atoms with E-state index in [4.69, 9.17) is 26.4 Å². The maximum absolute atomic E-state index is 13.7. The van der Waals surface area contributed by atoms with Crippen molar-refractivity contribution in [2.45, 2.75) is 31.8 Å². The predicted octanol–water partition coefficient (Wildman–Crippen LogP) is 1.64. The molecule has 41 heavy (non-hydrogen) atoms. The van der Waals surface area contributed by atoms with Crippen LogP contribution >= 0.6 is 11.8 Å². The second-order valence-corrected chi connectivity index (χ2v) is 9.92. The first-order valence-electron chi connectivity index (χ1n) is 12.5. The number of methoxy groups -OCH3 is 2. The number of para-hydroxylation sites is 1. The van der Waals surface area contributed by atoms with Gasteiger partial charge in [0.15, 0.2) is 22.6 Å². The Hall–Kier alpha value is -4.72. The predicted molar refractivity (Wildman–Crippen MR) is 157 cm³/mol. The third kappa shape index (κ3) is 7.91. The van der Waals surface area contributed by atoms with Crippen LogP contribution in [0.2, 0.25) is 0 Å². The van der Waals surface area contributed by atoms with Crippen LogP contribution in [0.25, 0.3) is 6.08 Å². The molecule has 8 N–H and O–H groups in total. The number of ether oxygens (including phenoxy) is 2. The summed E-state index contributed by atoms with van der Waals surface area (Å²) in [4.78, 5) is 45.1. The fourth-order valence-electron chi connectivity index (χ4n) is 3.89. The number of aromatic hydroxyl groups is 1. The average molecular weight is 584 g/mol. The first-order valence-corrected chi connectivity index (χ1v) is 13.4. The van der Waals surface area contributed by atoms with Gasteiger partial charge in [-0.1, -0.05) is 18.2 Å². The number of amides is 3. The Morgan fingerprint density at radius 1 is 1.17 bits per heavy atom. The highest BCUT2D eigenvalue weighted by Gasteiger charge is 2.40. The third-order valence-corrected chi connectivity index (χ3v) is 7.01. The van der Waals surface area contributed by atoms with Gasteiger partial charge in [-0.15, -0.1) is 0 Å². The van der Waals surface area contributed by atoms with Gasteiger partial charge in [0.1, 0.15) is 12.1 Å². The highest BCUT2D eigenvalue weighted by Crippen LogP contribution is 2.40. The lowest BCUT2D eigenvalue weighted by atomic mass is 10.1. The number of benzene rings is 2. The number of hydrogen-bond acceptors (Lipinski definition) is 9. The quantitative estimate of drug-likeness (QED) is 0.0928. The summed E-state index contributed by atoms with van der Waals surface area (Å²) in [6, 6.07) is 9.99. The molecule has 0 aliphatic carbocycles. The zero-order chi connectivity index (χ0) is 30.1. The number of carbonyl (C=O) groups excluding carboxylic acids is 3. The lowest BCUT2D eigenvalue weighted by Crippen LogP contribution is -2.53. The minimum atomic E-state index is -1.05. The molecule has 1 saturated heterocycles. The van der Waals surface area contributed by atoms with Crippen molar-refractivity contribution in [2.24, 2.45) is 16.5 Å². The molecule has 14 heteroatoms. The Morgan fingerprint density at radius 3 is 2.37 bits per heavy atom. The van der Waals surface area contributed by atoms with Crippen molar-refractivity contribution in [3.05, 3.63) is 52.9 Å². The SMILES string of the molecule is COc1cc(/C=C2\S/C(=N\c3ccccc3)N([C@H](C)C(=O)N[C@@H](CCCNC(=N)N)C(N)=O)C2=O)cc(OC)c1O. The van der Waals surface area contributed by atoms with Gasteiger partial charge in [0, 0.05) is 6.54 Å². The molecular formula is C27H33N7O6S. The number of nitrogens with zero attached hydrogens (tertiary/aromatic N) is 2. The van der Waals surface area contributed by atoms with Crippen LogP contribution in [0, 0.1) is 5.41 Å². The molecular weight excluding hydrogens is 550 g/mol. The van der Waals surface area contributed by atoms with E-state index in [0.717, 1.165) is 11.8 Å². The van der Waals surface area contributed by atoms with Crippen molar-refractivity contribution in [3.63, 3.8) is 0 Å². The summed E-state index contributed by atoms with van der Waals surface area (Å²) in [6.07, 6.45) is 2.20. The number of amidine groups is 1. The van der Waals surface area contributed by atoms with E-state index in [-0.39, 0.29) is 39.7 Å². The van der Waals surface area contributed by atoms with Crippen LogP contribution in [-0.2, 0) is 14.4 Å². The van der Waals surface area contributed by atoms with E-state index in [1.54, 1.807) is 42.5 Å². The van der Waals surface area contributed by atoms with Crippen molar-refractivity contribution in [1.82, 2.24) is 15.5 Å². The molecule has 13 nitrogen and oxygen atoms in total. The summed E-state index contributed by atoms with van der Waals surface area (Å²) in [5.41, 5.74) is 11.9. The van der Waals surface area contributed by atoms with Crippen molar-refractivity contribution >= 4 is 52.4 Å². The molecule has 218 valence electrons. The molecule has 0 spiro atoms. The molecule has 3 rings (SSSR count). The highest BCUT2D eigenvalue weighted by molar-refractivity contribution is 8.18. The van der Waals surface area contributed by atoms with Gasteiger partial charge in [-0.05, 0) is 67.4 Å². The average Bonchev–Trinajstić information content (AvgIpc) is 3.24. The van der Waals surface area contributed by atoms with Crippen molar-refractivity contribution in [1.29, 1.82) is 5.41 Å². The van der Waals surface area contributed by atoms with Crippen LogP contribution in [0.15, 0.2) is 52.4 Å². The van der Waals surface area contributed by atoms with Crippen molar-refractivity contribution in [2.75, 3.05) is 20.8 Å². The van der Waals surface area contributed by atoms with Gasteiger partial charge in [0.05, 0.1) is 24.8 Å². The van der Waals surface area contributed by atoms with Crippen LogP contribution < -0.4 is 31.6 Å². The van der Waals surface area contributed by atoms with Gasteiger partial charge in [0.2, 0.25) is 17.6 Å². The van der Waals surface area contributed by atoms with Gasteiger partial charge in [-0.25, -0.2) is 4.99 Å². The Labute approximate surface area is 241 Å². The van der Waals surface area contributed by atoms with Gasteiger partial charge < -0.3 is 36.7 Å². The Morgan fingerprint density at radius 2 is 1.80 bits per heavy atom. The summed E-state index contributed by atoms with van der Waals surface area (Å²) >= 11 is 1.07. The van der Waals surface area contributed by atoms with E-state index < -0.39 is 29.8 Å². The second kappa shape index (κ2) is 14.1. The summed E-state index contributed by atoms with van der Waals surface area (Å²) in [5, 5.41) is 23.0. The molecule has 0 aromatic heterocycles. The van der Waals surface area contributed by atoms with Gasteiger partial charge >= 0.3 is 0 Å². The summed E-state index contributed by atoms with van der Waals surface area (Å²) in [7, 11) is 2.79. The summed E-state index contributed by atoms with van der Waals surface area (Å²) in [5.74, 6) is -1.89. The number of carbonyl (C=O) groups is 3. The van der Waals surface area contributed by atoms with E-state index >= 15 is 0 Å². The number of aliphatic imine (C=N–C) groups is 1. The molecule has 0 unspecified atom stereocenters. The van der Waals surface area contributed by atoms with Crippen LogP contribution in [0.5, 0.6) is 17.2 Å². The number of hydrogen-bond donors (Lipinski definition) is 6. The van der Waals surface area contributed by atoms with E-state index in [9.17, 15) is 19.5 Å². The molecule has 0 bridgehead atoms. The van der Waals surface area contributed by atoms with Crippen LogP contribution in [0.1, 0.15) is 25.3 Å². The standard InChI is InChI=1S/C27H33N7O6S/c1-15(24(37)33-18(23(28)36)10-7-11-31-26(29)30)34-25(38)21(41-27(34)32-17-8-5-4-6-9-17)14-16-12-19(39-2)22(35)20(13-16)40-3/h4-6,8-9,12-15,18,35H,7,10-11H2,1-3H3,(H2,28,36)(H,33,37)(H4,29,30,31)/b21-14-,32-27-/t15-,18+/m1/s1. The monoisotopic (exact) mass is 583 g/mol. The minimum absolute atomic E-state index is 0.158. The van der Waals surface area contributed by atoms with E-state index in [0.29, 0.717) is 24.2 Å². The number of phenolic OH excluding ortho intramolecular Hbond substituents is 1. The normalized spacial score (nSPS) is 16.4. The maximum atomic E-state index is 13.7. The zero-order valence-electron chi connectivity index (χ0n) is 22.8. The number of guanidine groups is 1. The van der Waals surface area contributed by atoms with Gasteiger partial charge in [-0.2, -0.15) is 0 Å². The third-order valence-electron chi connectivity index (χ3n) is 6.03. The molecule has 2 atom stereocenters. The molecule has 1 aliphatic rings. The van der Waals surface area contributed by atoms with Crippen LogP contribution in [-0.4, -0.2) is 71.7 Å². The highest BCUT2D eigenvalue weighted by atomic mass is 32.2. The van der Waals surface area contributed by atoms with Crippen LogP contribution in [0.4, 0.5) is 5.69 Å². The molecule has 1 heterocycles. The molecule has 2 aromatic rings. The molecule has 0 saturated carbocycles. The number of primary amides is 1. The summed E-state index contributed by atoms with van der Waals surface area (Å²) < 4.78 is 10.4. The fourth-order valence-corrected chi connectivity index (χ4v) is 4.96. The molecule has 1 fully saturated rings. The number of nitrogens with two attached hydrogens (primary N) is 2. The van der Waals surface area contributed by atoms with E-state index in [1.807, 2.05) is 6.07 Å². The largest absolute Gasteiger partial charge is 0.502 e. The van der Waals surface area contributed by atoms with Crippen molar-refractivity contribution in [3.8, 4) is 17.2 Å². The lowest BCUT2D eigenvalue weighted by molar-refractivity contribution is -0.134. The molecule has 0 radical (unpaired) electrons. The number of phenols is 1. The Balaban J connectivity index is 1.91. The smallest absolute Gasteiger partial charge is 0.267 e. The number of thioether (sulfide) groups is 1. The first kappa shape index (κ1) is 30.8. The van der Waals surface area contributed by atoms with E-state index in [2.05, 4.69) is 15.6 Å². The maximum Gasteiger partial charge on any atom is 0.267 e. The Kier molecular flexibility index (Phi) is 10.6. The minimum Gasteiger partial charge on any atom is -0.502 e. The molecule has 2 aromatic carbocycles. The lowest BCUT2D eigenvalue weighted by Gasteiger charge is -2.25. The van der Waals surface area contributed by atoms with Gasteiger partial charge in [0.25, 0.3) is 5.91 Å². The summed E-state index contributed by atoms with van der Waals surface area (Å²) in [6.45, 7) is 1.85. The fraction of sp³-hybridized carbons (Fsp3) is 0.296. The van der Waals surface area contributed by atoms with Gasteiger partial charge in [-0.3, -0.25) is 24.7 Å².